The van der Waals surface area contributed by atoms with Crippen molar-refractivity contribution >= 4 is 12.2 Å². The molecule has 6 nitrogen and oxygen atoms in total. The largest absolute Gasteiger partial charge is 0.447 e. The normalized spacial score (nSPS) is 30.1. The van der Waals surface area contributed by atoms with Gasteiger partial charge in [0.25, 0.3) is 0 Å². The van der Waals surface area contributed by atoms with Gasteiger partial charge in [0.1, 0.15) is 13.2 Å². The van der Waals surface area contributed by atoms with E-state index >= 15 is 0 Å². The second-order valence-electron chi connectivity index (χ2n) is 7.97. The topological polar surface area (TPSA) is 59.1 Å². The van der Waals surface area contributed by atoms with Crippen LogP contribution >= 0.6 is 0 Å². The van der Waals surface area contributed by atoms with Crippen molar-refractivity contribution in [3.8, 4) is 0 Å². The second kappa shape index (κ2) is 5.74. The molecule has 2 fully saturated rings. The predicted molar refractivity (Wildman–Crippen MR) is 99.7 cm³/mol. The molecule has 6 rings (SSSR count). The molecule has 0 radical (unpaired) electrons. The number of fused-ring (bicyclic) bond motifs is 4. The standard InChI is InChI=1S/C22H20N2O4/c25-21-23-15(11-27-21)9-13-5-1-3-7-17(13)19(23)20-18-8-4-2-6-14(18)10-16-12-28-22(26)24(16)20/h1-8,15-16,19-20H,9-12H2/t15-,16-,19-,20-/m1/s1. The van der Waals surface area contributed by atoms with Gasteiger partial charge >= 0.3 is 12.2 Å². The van der Waals surface area contributed by atoms with Crippen LogP contribution in [0.25, 0.3) is 0 Å². The Bertz CT molecular complexity index is 911. The maximum Gasteiger partial charge on any atom is 0.410 e. The lowest BCUT2D eigenvalue weighted by Crippen LogP contribution is -2.52. The molecular weight excluding hydrogens is 356 g/mol. The number of rotatable bonds is 1. The number of ether oxygens (including phenoxy) is 2. The van der Waals surface area contributed by atoms with Crippen molar-refractivity contribution in [2.75, 3.05) is 13.2 Å². The van der Waals surface area contributed by atoms with Crippen LogP contribution in [0.1, 0.15) is 34.3 Å². The van der Waals surface area contributed by atoms with Crippen LogP contribution in [-0.4, -0.2) is 47.3 Å². The van der Waals surface area contributed by atoms with Gasteiger partial charge in [0, 0.05) is 0 Å². The lowest BCUT2D eigenvalue weighted by Gasteiger charge is -2.47. The van der Waals surface area contributed by atoms with Crippen LogP contribution in [0.5, 0.6) is 0 Å². The highest BCUT2D eigenvalue weighted by atomic mass is 16.6. The summed E-state index contributed by atoms with van der Waals surface area (Å²) < 4.78 is 10.9. The molecule has 0 bridgehead atoms. The number of amides is 2. The Balaban J connectivity index is 1.58. The van der Waals surface area contributed by atoms with E-state index in [1.807, 2.05) is 34.1 Å². The van der Waals surface area contributed by atoms with Crippen molar-refractivity contribution in [3.05, 3.63) is 70.8 Å². The minimum Gasteiger partial charge on any atom is -0.447 e. The van der Waals surface area contributed by atoms with Crippen LogP contribution in [0, 0.1) is 0 Å². The van der Waals surface area contributed by atoms with Gasteiger partial charge in [-0.2, -0.15) is 0 Å². The first-order valence-corrected chi connectivity index (χ1v) is 9.78. The van der Waals surface area contributed by atoms with Crippen molar-refractivity contribution < 1.29 is 19.1 Å². The molecule has 4 heterocycles. The Kier molecular flexibility index (Phi) is 3.27. The molecule has 2 aromatic rings. The maximum absolute atomic E-state index is 12.7. The van der Waals surface area contributed by atoms with Crippen LogP contribution in [-0.2, 0) is 22.3 Å². The van der Waals surface area contributed by atoms with E-state index in [1.165, 1.54) is 11.1 Å². The fourth-order valence-electron chi connectivity index (χ4n) is 5.41. The summed E-state index contributed by atoms with van der Waals surface area (Å²) in [7, 11) is 0. The molecule has 0 spiro atoms. The Hall–Kier alpha value is -3.02. The molecule has 4 aliphatic heterocycles. The van der Waals surface area contributed by atoms with Gasteiger partial charge in [-0.3, -0.25) is 9.80 Å². The minimum atomic E-state index is -0.295. The molecule has 28 heavy (non-hydrogen) atoms. The second-order valence-corrected chi connectivity index (χ2v) is 7.97. The average Bonchev–Trinajstić information content (AvgIpc) is 3.27. The minimum absolute atomic E-state index is 0.00133. The third kappa shape index (κ3) is 2.08. The van der Waals surface area contributed by atoms with Crippen molar-refractivity contribution in [2.24, 2.45) is 0 Å². The first-order valence-electron chi connectivity index (χ1n) is 9.78. The molecule has 4 atom stereocenters. The maximum atomic E-state index is 12.7. The van der Waals surface area contributed by atoms with E-state index in [2.05, 4.69) is 24.3 Å². The van der Waals surface area contributed by atoms with Crippen molar-refractivity contribution in [2.45, 2.75) is 37.0 Å². The van der Waals surface area contributed by atoms with E-state index in [9.17, 15) is 9.59 Å². The first kappa shape index (κ1) is 16.0. The Labute approximate surface area is 162 Å². The van der Waals surface area contributed by atoms with E-state index in [1.54, 1.807) is 0 Å². The highest BCUT2D eigenvalue weighted by molar-refractivity contribution is 5.74. The third-order valence-electron chi connectivity index (χ3n) is 6.56. The number of carbonyl (C=O) groups is 2. The molecule has 0 aromatic heterocycles. The number of hydrogen-bond donors (Lipinski definition) is 0. The van der Waals surface area contributed by atoms with Gasteiger partial charge in [0.15, 0.2) is 0 Å². The van der Waals surface area contributed by atoms with Gasteiger partial charge in [-0.15, -0.1) is 0 Å². The quantitative estimate of drug-likeness (QED) is 0.767. The summed E-state index contributed by atoms with van der Waals surface area (Å²) in [6, 6.07) is 15.9. The Morgan fingerprint density at radius 2 is 1.11 bits per heavy atom. The molecule has 6 heteroatoms. The summed E-state index contributed by atoms with van der Waals surface area (Å²) >= 11 is 0. The van der Waals surface area contributed by atoms with Crippen LogP contribution in [0.15, 0.2) is 48.5 Å². The smallest absolute Gasteiger partial charge is 0.410 e. The van der Waals surface area contributed by atoms with E-state index < -0.39 is 0 Å². The molecule has 0 aliphatic carbocycles. The average molecular weight is 376 g/mol. The van der Waals surface area contributed by atoms with E-state index in [0.717, 1.165) is 24.0 Å². The zero-order chi connectivity index (χ0) is 18.8. The molecular formula is C22H20N2O4. The van der Waals surface area contributed by atoms with Crippen molar-refractivity contribution in [3.63, 3.8) is 0 Å². The molecule has 4 aliphatic rings. The van der Waals surface area contributed by atoms with Crippen molar-refractivity contribution in [1.82, 2.24) is 9.80 Å². The van der Waals surface area contributed by atoms with Gasteiger partial charge in [0.2, 0.25) is 0 Å². The highest BCUT2D eigenvalue weighted by Crippen LogP contribution is 2.50. The molecule has 142 valence electrons. The summed E-state index contributed by atoms with van der Waals surface area (Å²) in [4.78, 5) is 29.2. The van der Waals surface area contributed by atoms with Gasteiger partial charge < -0.3 is 9.47 Å². The molecule has 2 aromatic carbocycles. The zero-order valence-electron chi connectivity index (χ0n) is 15.3. The van der Waals surface area contributed by atoms with Gasteiger partial charge in [0.05, 0.1) is 24.2 Å². The first-order chi connectivity index (χ1) is 13.7. The number of carbonyl (C=O) groups excluding carboxylic acids is 2. The van der Waals surface area contributed by atoms with E-state index in [0.29, 0.717) is 13.2 Å². The van der Waals surface area contributed by atoms with Crippen molar-refractivity contribution in [1.29, 1.82) is 0 Å². The number of nitrogens with zero attached hydrogens (tertiary/aromatic N) is 2. The molecule has 0 unspecified atom stereocenters. The Morgan fingerprint density at radius 1 is 0.679 bits per heavy atom. The molecule has 0 saturated carbocycles. The third-order valence-corrected chi connectivity index (χ3v) is 6.56. The Morgan fingerprint density at radius 3 is 1.57 bits per heavy atom. The van der Waals surface area contributed by atoms with Crippen LogP contribution < -0.4 is 0 Å². The number of benzene rings is 2. The number of cyclic esters (lactones) is 2. The fraction of sp³-hybridized carbons (Fsp3) is 0.364. The summed E-state index contributed by atoms with van der Waals surface area (Å²) in [6.07, 6.45) is 0.967. The SMILES string of the molecule is O=C1OC[C@H]2Cc3ccccc3[C@H]([C@H]3c4ccccc4C[C@@H]4COC(=O)N43)N12. The molecule has 0 N–H and O–H groups in total. The van der Waals surface area contributed by atoms with E-state index in [4.69, 9.17) is 9.47 Å². The lowest BCUT2D eigenvalue weighted by atomic mass is 9.78. The van der Waals surface area contributed by atoms with Crippen LogP contribution in [0.3, 0.4) is 0 Å². The van der Waals surface area contributed by atoms with Gasteiger partial charge in [-0.1, -0.05) is 48.5 Å². The van der Waals surface area contributed by atoms with Crippen LogP contribution in [0.2, 0.25) is 0 Å². The monoisotopic (exact) mass is 376 g/mol. The summed E-state index contributed by atoms with van der Waals surface area (Å²) in [5.74, 6) is 0. The summed E-state index contributed by atoms with van der Waals surface area (Å²) in [5, 5.41) is 0. The van der Waals surface area contributed by atoms with Gasteiger partial charge in [-0.25, -0.2) is 9.59 Å². The van der Waals surface area contributed by atoms with Gasteiger partial charge in [-0.05, 0) is 35.1 Å². The summed E-state index contributed by atoms with van der Waals surface area (Å²) in [6.45, 7) is 0.790. The molecule has 2 amide bonds. The fourth-order valence-corrected chi connectivity index (χ4v) is 5.41. The molecule has 2 saturated heterocycles. The summed E-state index contributed by atoms with van der Waals surface area (Å²) in [5.41, 5.74) is 4.63. The lowest BCUT2D eigenvalue weighted by molar-refractivity contribution is 0.0723. The van der Waals surface area contributed by atoms with Crippen LogP contribution in [0.4, 0.5) is 9.59 Å². The van der Waals surface area contributed by atoms with E-state index in [-0.39, 0.29) is 36.4 Å². The zero-order valence-corrected chi connectivity index (χ0v) is 15.3. The highest BCUT2D eigenvalue weighted by Gasteiger charge is 2.53. The number of hydrogen-bond acceptors (Lipinski definition) is 4. The predicted octanol–water partition coefficient (Wildman–Crippen LogP) is 3.22.